The molecule has 17 heavy (non-hydrogen) atoms. The summed E-state index contributed by atoms with van der Waals surface area (Å²) in [6.45, 7) is 0. The second-order valence-electron chi connectivity index (χ2n) is 4.48. The van der Waals surface area contributed by atoms with Crippen molar-refractivity contribution >= 4 is 9.84 Å². The Hall–Kier alpha value is -1.10. The second kappa shape index (κ2) is 5.04. The highest BCUT2D eigenvalue weighted by Crippen LogP contribution is 2.23. The van der Waals surface area contributed by atoms with Gasteiger partial charge in [0.05, 0.1) is 12.3 Å². The maximum atomic E-state index is 11.2. The lowest BCUT2D eigenvalue weighted by Gasteiger charge is -2.22. The van der Waals surface area contributed by atoms with Gasteiger partial charge in [0.1, 0.15) is 5.75 Å². The summed E-state index contributed by atoms with van der Waals surface area (Å²) in [6, 6.07) is 3.17. The van der Waals surface area contributed by atoms with Crippen LogP contribution in [0.25, 0.3) is 0 Å². The largest absolute Gasteiger partial charge is 0.489 e. The van der Waals surface area contributed by atoms with Crippen LogP contribution in [0.5, 0.6) is 5.75 Å². The molecule has 2 rings (SSSR count). The first-order valence-electron chi connectivity index (χ1n) is 5.88. The van der Waals surface area contributed by atoms with Crippen molar-refractivity contribution in [1.82, 2.24) is 4.98 Å². The summed E-state index contributed by atoms with van der Waals surface area (Å²) in [4.78, 5) is 3.90. The highest BCUT2D eigenvalue weighted by Gasteiger charge is 2.15. The van der Waals surface area contributed by atoms with Gasteiger partial charge in [0, 0.05) is 6.26 Å². The number of aromatic nitrogens is 1. The Bertz CT molecular complexity index is 461. The lowest BCUT2D eigenvalue weighted by molar-refractivity contribution is 0.154. The summed E-state index contributed by atoms with van der Waals surface area (Å²) in [5, 5.41) is 0.0912. The van der Waals surface area contributed by atoms with E-state index in [2.05, 4.69) is 4.98 Å². The SMILES string of the molecule is CS(=O)(=O)c1ccc(OC2CCCCC2)cn1. The molecule has 5 heteroatoms. The van der Waals surface area contributed by atoms with E-state index in [0.717, 1.165) is 19.1 Å². The molecule has 0 aromatic carbocycles. The molecule has 0 spiro atoms. The molecular formula is C12H17NO3S. The fourth-order valence-electron chi connectivity index (χ4n) is 2.03. The second-order valence-corrected chi connectivity index (χ2v) is 6.44. The van der Waals surface area contributed by atoms with E-state index in [1.54, 1.807) is 6.07 Å². The quantitative estimate of drug-likeness (QED) is 0.830. The summed E-state index contributed by atoms with van der Waals surface area (Å²) in [5.74, 6) is 0.657. The third-order valence-electron chi connectivity index (χ3n) is 2.94. The van der Waals surface area contributed by atoms with Crippen molar-refractivity contribution in [3.8, 4) is 5.75 Å². The smallest absolute Gasteiger partial charge is 0.192 e. The molecule has 0 saturated heterocycles. The van der Waals surface area contributed by atoms with Crippen molar-refractivity contribution in [1.29, 1.82) is 0 Å². The molecule has 94 valence electrons. The lowest BCUT2D eigenvalue weighted by Crippen LogP contribution is -2.19. The minimum Gasteiger partial charge on any atom is -0.489 e. The zero-order chi connectivity index (χ0) is 12.3. The van der Waals surface area contributed by atoms with Crippen molar-refractivity contribution in [2.75, 3.05) is 6.26 Å². The van der Waals surface area contributed by atoms with Crippen molar-refractivity contribution < 1.29 is 13.2 Å². The van der Waals surface area contributed by atoms with Gasteiger partial charge < -0.3 is 4.74 Å². The summed E-state index contributed by atoms with van der Waals surface area (Å²) in [6.07, 6.45) is 8.75. The molecule has 0 unspecified atom stereocenters. The van der Waals surface area contributed by atoms with E-state index in [4.69, 9.17) is 4.74 Å². The molecular weight excluding hydrogens is 238 g/mol. The van der Waals surface area contributed by atoms with E-state index < -0.39 is 9.84 Å². The van der Waals surface area contributed by atoms with Crippen LogP contribution in [0.2, 0.25) is 0 Å². The van der Waals surface area contributed by atoms with Gasteiger partial charge in [-0.2, -0.15) is 0 Å². The van der Waals surface area contributed by atoms with E-state index in [9.17, 15) is 8.42 Å². The van der Waals surface area contributed by atoms with Crippen LogP contribution >= 0.6 is 0 Å². The van der Waals surface area contributed by atoms with Crippen LogP contribution in [0, 0.1) is 0 Å². The minimum atomic E-state index is -3.22. The Labute approximate surface area is 102 Å². The van der Waals surface area contributed by atoms with Gasteiger partial charge in [0.2, 0.25) is 0 Å². The molecule has 1 aliphatic rings. The average molecular weight is 255 g/mol. The van der Waals surface area contributed by atoms with Gasteiger partial charge in [-0.05, 0) is 37.8 Å². The fourth-order valence-corrected chi connectivity index (χ4v) is 2.59. The fraction of sp³-hybridized carbons (Fsp3) is 0.583. The number of rotatable bonds is 3. The molecule has 0 atom stereocenters. The van der Waals surface area contributed by atoms with Gasteiger partial charge in [-0.3, -0.25) is 0 Å². The van der Waals surface area contributed by atoms with Crippen LogP contribution in [-0.4, -0.2) is 25.8 Å². The molecule has 0 amide bonds. The number of hydrogen-bond acceptors (Lipinski definition) is 4. The average Bonchev–Trinajstić information content (AvgIpc) is 2.30. The molecule has 1 aromatic rings. The maximum Gasteiger partial charge on any atom is 0.192 e. The van der Waals surface area contributed by atoms with Gasteiger partial charge in [-0.1, -0.05) is 6.42 Å². The van der Waals surface area contributed by atoms with Crippen molar-refractivity contribution in [2.45, 2.75) is 43.2 Å². The molecule has 1 fully saturated rings. The molecule has 4 nitrogen and oxygen atoms in total. The molecule has 1 heterocycles. The van der Waals surface area contributed by atoms with Gasteiger partial charge >= 0.3 is 0 Å². The predicted molar refractivity (Wildman–Crippen MR) is 64.8 cm³/mol. The van der Waals surface area contributed by atoms with E-state index in [0.29, 0.717) is 5.75 Å². The summed E-state index contributed by atoms with van der Waals surface area (Å²) in [5.41, 5.74) is 0. The zero-order valence-electron chi connectivity index (χ0n) is 9.93. The van der Waals surface area contributed by atoms with Crippen molar-refractivity contribution in [2.24, 2.45) is 0 Å². The topological polar surface area (TPSA) is 56.3 Å². The Morgan fingerprint density at radius 1 is 1.24 bits per heavy atom. The lowest BCUT2D eigenvalue weighted by atomic mass is 9.98. The van der Waals surface area contributed by atoms with Crippen molar-refractivity contribution in [3.05, 3.63) is 18.3 Å². The number of ether oxygens (including phenoxy) is 1. The van der Waals surface area contributed by atoms with E-state index in [1.165, 1.54) is 31.5 Å². The van der Waals surface area contributed by atoms with E-state index >= 15 is 0 Å². The first-order valence-corrected chi connectivity index (χ1v) is 7.77. The third-order valence-corrected chi connectivity index (χ3v) is 3.95. The minimum absolute atomic E-state index is 0.0912. The van der Waals surface area contributed by atoms with Gasteiger partial charge in [-0.25, -0.2) is 13.4 Å². The highest BCUT2D eigenvalue weighted by molar-refractivity contribution is 7.90. The molecule has 0 radical (unpaired) electrons. The van der Waals surface area contributed by atoms with Gasteiger partial charge in [0.15, 0.2) is 14.9 Å². The van der Waals surface area contributed by atoms with E-state index in [1.807, 2.05) is 0 Å². The summed E-state index contributed by atoms with van der Waals surface area (Å²) >= 11 is 0. The standard InChI is InChI=1S/C12H17NO3S/c1-17(14,15)12-8-7-11(9-13-12)16-10-5-3-2-4-6-10/h7-10H,2-6H2,1H3. The normalized spacial score (nSPS) is 17.9. The Morgan fingerprint density at radius 3 is 2.47 bits per heavy atom. The first kappa shape index (κ1) is 12.4. The molecule has 0 N–H and O–H groups in total. The number of sulfone groups is 1. The zero-order valence-corrected chi connectivity index (χ0v) is 10.7. The third kappa shape index (κ3) is 3.43. The number of pyridine rings is 1. The maximum absolute atomic E-state index is 11.2. The molecule has 0 bridgehead atoms. The van der Waals surface area contributed by atoms with Crippen LogP contribution in [0.4, 0.5) is 0 Å². The Kier molecular flexibility index (Phi) is 3.66. The summed E-state index contributed by atoms with van der Waals surface area (Å²) < 4.78 is 28.2. The van der Waals surface area contributed by atoms with Crippen LogP contribution in [0.3, 0.4) is 0 Å². The molecule has 1 saturated carbocycles. The van der Waals surface area contributed by atoms with Gasteiger partial charge in [-0.15, -0.1) is 0 Å². The predicted octanol–water partition coefficient (Wildman–Crippen LogP) is 2.20. The van der Waals surface area contributed by atoms with Crippen LogP contribution in [-0.2, 0) is 9.84 Å². The number of hydrogen-bond donors (Lipinski definition) is 0. The van der Waals surface area contributed by atoms with Crippen LogP contribution in [0.1, 0.15) is 32.1 Å². The Balaban J connectivity index is 2.03. The first-order chi connectivity index (χ1) is 8.05. The molecule has 1 aromatic heterocycles. The summed E-state index contributed by atoms with van der Waals surface area (Å²) in [7, 11) is -3.22. The molecule has 1 aliphatic carbocycles. The highest BCUT2D eigenvalue weighted by atomic mass is 32.2. The van der Waals surface area contributed by atoms with Gasteiger partial charge in [0.25, 0.3) is 0 Å². The Morgan fingerprint density at radius 2 is 1.94 bits per heavy atom. The monoisotopic (exact) mass is 255 g/mol. The number of nitrogens with zero attached hydrogens (tertiary/aromatic N) is 1. The molecule has 0 aliphatic heterocycles. The van der Waals surface area contributed by atoms with E-state index in [-0.39, 0.29) is 11.1 Å². The van der Waals surface area contributed by atoms with Crippen molar-refractivity contribution in [3.63, 3.8) is 0 Å². The van der Waals surface area contributed by atoms with Crippen LogP contribution < -0.4 is 4.74 Å². The van der Waals surface area contributed by atoms with Crippen LogP contribution in [0.15, 0.2) is 23.4 Å².